The van der Waals surface area contributed by atoms with E-state index < -0.39 is 10.0 Å². The van der Waals surface area contributed by atoms with Crippen LogP contribution in [0.5, 0.6) is 0 Å². The summed E-state index contributed by atoms with van der Waals surface area (Å²) in [6.07, 6.45) is 1.81. The quantitative estimate of drug-likeness (QED) is 0.505. The van der Waals surface area contributed by atoms with Crippen LogP contribution in [0.1, 0.15) is 22.2 Å². The van der Waals surface area contributed by atoms with Crippen molar-refractivity contribution in [3.63, 3.8) is 0 Å². The highest BCUT2D eigenvalue weighted by Crippen LogP contribution is 2.16. The topological polar surface area (TPSA) is 96.6 Å². The molecule has 136 valence electrons. The lowest BCUT2D eigenvalue weighted by Gasteiger charge is -2.11. The van der Waals surface area contributed by atoms with Crippen molar-refractivity contribution in [1.29, 1.82) is 0 Å². The molecule has 4 N–H and O–H groups in total. The van der Waals surface area contributed by atoms with Gasteiger partial charge in [-0.1, -0.05) is 19.1 Å². The second kappa shape index (κ2) is 8.98. The molecule has 2 aromatic rings. The maximum Gasteiger partial charge on any atom is 0.238 e. The van der Waals surface area contributed by atoms with E-state index in [-0.39, 0.29) is 4.90 Å². The minimum Gasteiger partial charge on any atom is -0.356 e. The molecule has 0 spiro atoms. The standard InChI is InChI=1S/C17H24N4O2S2/c1-3-14-6-7-15(24-14)12-21-17(19-2)20-11-10-13-4-8-16(9-5-13)25(18,22)23/h4-9H,3,10-12H2,1-2H3,(H2,18,22,23)(H2,19,20,21). The molecule has 0 saturated heterocycles. The van der Waals surface area contributed by atoms with Crippen molar-refractivity contribution in [2.45, 2.75) is 31.2 Å². The van der Waals surface area contributed by atoms with E-state index in [0.717, 1.165) is 30.9 Å². The van der Waals surface area contributed by atoms with Crippen LogP contribution in [0.4, 0.5) is 0 Å². The van der Waals surface area contributed by atoms with Gasteiger partial charge in [0.2, 0.25) is 10.0 Å². The van der Waals surface area contributed by atoms with Crippen LogP contribution in [-0.2, 0) is 29.4 Å². The molecule has 6 nitrogen and oxygen atoms in total. The summed E-state index contributed by atoms with van der Waals surface area (Å²) in [6.45, 7) is 3.59. The number of hydrogen-bond acceptors (Lipinski definition) is 4. The molecule has 0 aliphatic carbocycles. The molecule has 1 aromatic heterocycles. The predicted octanol–water partition coefficient (Wildman–Crippen LogP) is 1.87. The summed E-state index contributed by atoms with van der Waals surface area (Å²) in [6, 6.07) is 10.9. The zero-order chi connectivity index (χ0) is 18.3. The predicted molar refractivity (Wildman–Crippen MR) is 103 cm³/mol. The molecule has 2 rings (SSSR count). The van der Waals surface area contributed by atoms with Crippen molar-refractivity contribution >= 4 is 27.3 Å². The van der Waals surface area contributed by atoms with Gasteiger partial charge in [0.1, 0.15) is 0 Å². The number of primary sulfonamides is 1. The third kappa shape index (κ3) is 6.15. The number of nitrogens with two attached hydrogens (primary N) is 1. The van der Waals surface area contributed by atoms with E-state index in [1.54, 1.807) is 30.5 Å². The van der Waals surface area contributed by atoms with Crippen molar-refractivity contribution in [2.24, 2.45) is 10.1 Å². The third-order valence-electron chi connectivity index (χ3n) is 3.68. The molecule has 0 radical (unpaired) electrons. The lowest BCUT2D eigenvalue weighted by Crippen LogP contribution is -2.37. The van der Waals surface area contributed by atoms with Gasteiger partial charge in [0.05, 0.1) is 11.4 Å². The van der Waals surface area contributed by atoms with Crippen LogP contribution in [0.2, 0.25) is 0 Å². The van der Waals surface area contributed by atoms with Gasteiger partial charge >= 0.3 is 0 Å². The summed E-state index contributed by atoms with van der Waals surface area (Å²) in [5, 5.41) is 11.6. The smallest absolute Gasteiger partial charge is 0.238 e. The summed E-state index contributed by atoms with van der Waals surface area (Å²) in [5.74, 6) is 0.743. The van der Waals surface area contributed by atoms with Crippen molar-refractivity contribution in [3.8, 4) is 0 Å². The van der Waals surface area contributed by atoms with Gasteiger partial charge < -0.3 is 10.6 Å². The number of aryl methyl sites for hydroxylation is 1. The Bertz CT molecular complexity index is 811. The highest BCUT2D eigenvalue weighted by Gasteiger charge is 2.07. The van der Waals surface area contributed by atoms with Crippen LogP contribution in [0.25, 0.3) is 0 Å². The Morgan fingerprint density at radius 3 is 2.36 bits per heavy atom. The summed E-state index contributed by atoms with van der Waals surface area (Å²) in [7, 11) is -1.90. The van der Waals surface area contributed by atoms with Gasteiger partial charge in [0, 0.05) is 23.3 Å². The zero-order valence-electron chi connectivity index (χ0n) is 14.5. The highest BCUT2D eigenvalue weighted by atomic mass is 32.2. The van der Waals surface area contributed by atoms with Crippen LogP contribution in [0.3, 0.4) is 0 Å². The lowest BCUT2D eigenvalue weighted by molar-refractivity contribution is 0.598. The van der Waals surface area contributed by atoms with E-state index in [9.17, 15) is 8.42 Å². The molecule has 1 heterocycles. The average molecular weight is 381 g/mol. The maximum atomic E-state index is 11.2. The van der Waals surface area contributed by atoms with Gasteiger partial charge in [0.25, 0.3) is 0 Å². The number of guanidine groups is 1. The van der Waals surface area contributed by atoms with E-state index in [1.807, 2.05) is 0 Å². The summed E-state index contributed by atoms with van der Waals surface area (Å²) < 4.78 is 22.5. The number of nitrogens with zero attached hydrogens (tertiary/aromatic N) is 1. The Morgan fingerprint density at radius 1 is 1.12 bits per heavy atom. The molecule has 8 heteroatoms. The van der Waals surface area contributed by atoms with Gasteiger partial charge in [0.15, 0.2) is 5.96 Å². The number of nitrogens with one attached hydrogen (secondary N) is 2. The van der Waals surface area contributed by atoms with E-state index in [4.69, 9.17) is 5.14 Å². The van der Waals surface area contributed by atoms with Crippen LogP contribution < -0.4 is 15.8 Å². The van der Waals surface area contributed by atoms with Crippen molar-refractivity contribution < 1.29 is 8.42 Å². The Hall–Kier alpha value is -1.90. The molecular formula is C17H24N4O2S2. The van der Waals surface area contributed by atoms with Gasteiger partial charge in [-0.25, -0.2) is 13.6 Å². The van der Waals surface area contributed by atoms with Crippen molar-refractivity contribution in [2.75, 3.05) is 13.6 Å². The Kier molecular flexibility index (Phi) is 6.98. The fourth-order valence-electron chi connectivity index (χ4n) is 2.27. The van der Waals surface area contributed by atoms with Crippen LogP contribution in [-0.4, -0.2) is 28.0 Å². The number of rotatable bonds is 7. The second-order valence-electron chi connectivity index (χ2n) is 5.51. The summed E-state index contributed by atoms with van der Waals surface area (Å²) in [5.41, 5.74) is 1.03. The molecule has 0 saturated carbocycles. The molecule has 1 aromatic carbocycles. The van der Waals surface area contributed by atoms with Crippen LogP contribution in [0.15, 0.2) is 46.3 Å². The molecule has 0 unspecified atom stereocenters. The van der Waals surface area contributed by atoms with Gasteiger partial charge in [-0.05, 0) is 42.7 Å². The van der Waals surface area contributed by atoms with E-state index in [2.05, 4.69) is 34.7 Å². The Morgan fingerprint density at radius 2 is 1.80 bits per heavy atom. The van der Waals surface area contributed by atoms with E-state index in [1.165, 1.54) is 21.9 Å². The van der Waals surface area contributed by atoms with Crippen molar-refractivity contribution in [1.82, 2.24) is 10.6 Å². The van der Waals surface area contributed by atoms with Gasteiger partial charge in [-0.15, -0.1) is 11.3 Å². The minimum absolute atomic E-state index is 0.129. The molecule has 0 bridgehead atoms. The van der Waals surface area contributed by atoms with Crippen LogP contribution in [0, 0.1) is 0 Å². The Balaban J connectivity index is 1.79. The number of sulfonamides is 1. The SMILES string of the molecule is CCc1ccc(CNC(=NC)NCCc2ccc(S(N)(=O)=O)cc2)s1. The zero-order valence-corrected chi connectivity index (χ0v) is 16.1. The highest BCUT2D eigenvalue weighted by molar-refractivity contribution is 7.89. The molecule has 0 aliphatic heterocycles. The Labute approximate surface area is 153 Å². The number of benzene rings is 1. The first kappa shape index (κ1) is 19.4. The number of aliphatic imine (C=N–C) groups is 1. The first-order chi connectivity index (χ1) is 11.9. The molecule has 0 amide bonds. The van der Waals surface area contributed by atoms with E-state index >= 15 is 0 Å². The second-order valence-corrected chi connectivity index (χ2v) is 8.33. The molecule has 0 fully saturated rings. The normalized spacial score (nSPS) is 12.2. The van der Waals surface area contributed by atoms with E-state index in [0.29, 0.717) is 6.54 Å². The largest absolute Gasteiger partial charge is 0.356 e. The minimum atomic E-state index is -3.64. The molecule has 25 heavy (non-hydrogen) atoms. The van der Waals surface area contributed by atoms with Crippen molar-refractivity contribution in [3.05, 3.63) is 51.7 Å². The maximum absolute atomic E-state index is 11.2. The fraction of sp³-hybridized carbons (Fsp3) is 0.353. The third-order valence-corrected chi connectivity index (χ3v) is 5.84. The first-order valence-corrected chi connectivity index (χ1v) is 10.4. The van der Waals surface area contributed by atoms with Gasteiger partial charge in [-0.3, -0.25) is 4.99 Å². The molecule has 0 atom stereocenters. The monoisotopic (exact) mass is 380 g/mol. The van der Waals surface area contributed by atoms with Crippen LogP contribution >= 0.6 is 11.3 Å². The number of thiophene rings is 1. The fourth-order valence-corrected chi connectivity index (χ4v) is 3.68. The summed E-state index contributed by atoms with van der Waals surface area (Å²) in [4.78, 5) is 6.99. The first-order valence-electron chi connectivity index (χ1n) is 8.06. The molecule has 0 aliphatic rings. The summed E-state index contributed by atoms with van der Waals surface area (Å²) >= 11 is 1.80. The average Bonchev–Trinajstić information content (AvgIpc) is 3.05. The van der Waals surface area contributed by atoms with Gasteiger partial charge in [-0.2, -0.15) is 0 Å². The lowest BCUT2D eigenvalue weighted by atomic mass is 10.1. The number of hydrogen-bond donors (Lipinski definition) is 3. The molecular weight excluding hydrogens is 356 g/mol.